The minimum atomic E-state index is 0.945. The number of hydrogen-bond acceptors (Lipinski definition) is 2. The highest BCUT2D eigenvalue weighted by Crippen LogP contribution is 1.99. The molecule has 1 heterocycles. The molecule has 0 amide bonds. The Hall–Kier alpha value is -0.920. The molecular formula is C9H13N2. The third kappa shape index (κ3) is 3.12. The van der Waals surface area contributed by atoms with Crippen LogP contribution in [0, 0.1) is 6.92 Å². The Labute approximate surface area is 67.7 Å². The average Bonchev–Trinajstić information content (AvgIpc) is 2.07. The van der Waals surface area contributed by atoms with Crippen LogP contribution in [0.5, 0.6) is 0 Å². The Bertz CT molecular complexity index is 184. The van der Waals surface area contributed by atoms with Crippen molar-refractivity contribution in [2.45, 2.75) is 25.7 Å². The molecular weight excluding hydrogens is 136 g/mol. The van der Waals surface area contributed by atoms with Crippen LogP contribution >= 0.6 is 0 Å². The normalized spacial score (nSPS) is 9.91. The predicted molar refractivity (Wildman–Crippen MR) is 44.9 cm³/mol. The zero-order valence-electron chi connectivity index (χ0n) is 6.66. The van der Waals surface area contributed by atoms with E-state index in [2.05, 4.69) is 16.9 Å². The molecule has 1 rings (SSSR count). The summed E-state index contributed by atoms with van der Waals surface area (Å²) in [5.41, 5.74) is 0. The van der Waals surface area contributed by atoms with Crippen molar-refractivity contribution in [3.63, 3.8) is 0 Å². The Morgan fingerprint density at radius 2 is 1.91 bits per heavy atom. The van der Waals surface area contributed by atoms with E-state index in [1.54, 1.807) is 12.4 Å². The molecule has 0 aliphatic heterocycles. The van der Waals surface area contributed by atoms with Crippen LogP contribution < -0.4 is 0 Å². The lowest BCUT2D eigenvalue weighted by atomic mass is 10.2. The molecule has 0 spiro atoms. The molecule has 0 N–H and O–H groups in total. The lowest BCUT2D eigenvalue weighted by Gasteiger charge is -1.96. The number of unbranched alkanes of at least 4 members (excludes halogenated alkanes) is 2. The Kier molecular flexibility index (Phi) is 3.59. The van der Waals surface area contributed by atoms with Crippen LogP contribution in [-0.2, 0) is 6.42 Å². The van der Waals surface area contributed by atoms with Crippen LogP contribution in [-0.4, -0.2) is 9.97 Å². The van der Waals surface area contributed by atoms with Gasteiger partial charge >= 0.3 is 0 Å². The van der Waals surface area contributed by atoms with Crippen molar-refractivity contribution in [3.05, 3.63) is 31.2 Å². The minimum Gasteiger partial charge on any atom is -0.241 e. The van der Waals surface area contributed by atoms with Crippen LogP contribution in [0.1, 0.15) is 25.1 Å². The molecule has 0 saturated heterocycles. The predicted octanol–water partition coefficient (Wildman–Crippen LogP) is 2.02. The fraction of sp³-hybridized carbons (Fsp3) is 0.444. The molecule has 0 bridgehead atoms. The molecule has 2 nitrogen and oxygen atoms in total. The van der Waals surface area contributed by atoms with Gasteiger partial charge in [0.05, 0.1) is 0 Å². The Morgan fingerprint density at radius 1 is 1.18 bits per heavy atom. The number of nitrogens with zero attached hydrogens (tertiary/aromatic N) is 2. The number of aromatic nitrogens is 2. The molecule has 1 radical (unpaired) electrons. The van der Waals surface area contributed by atoms with E-state index in [0.29, 0.717) is 0 Å². The summed E-state index contributed by atoms with van der Waals surface area (Å²) in [6.07, 6.45) is 7.87. The van der Waals surface area contributed by atoms with Gasteiger partial charge in [-0.2, -0.15) is 0 Å². The van der Waals surface area contributed by atoms with Crippen molar-refractivity contribution in [1.82, 2.24) is 9.97 Å². The first kappa shape index (κ1) is 8.18. The van der Waals surface area contributed by atoms with Crippen LogP contribution in [0.3, 0.4) is 0 Å². The van der Waals surface area contributed by atoms with Gasteiger partial charge in [-0.05, 0) is 12.5 Å². The van der Waals surface area contributed by atoms with E-state index in [4.69, 9.17) is 0 Å². The van der Waals surface area contributed by atoms with Gasteiger partial charge in [-0.3, -0.25) is 0 Å². The molecule has 2 heteroatoms. The van der Waals surface area contributed by atoms with E-state index >= 15 is 0 Å². The SMILES string of the molecule is [CH2]CCCCc1ncccn1. The van der Waals surface area contributed by atoms with Gasteiger partial charge in [-0.15, -0.1) is 0 Å². The lowest BCUT2D eigenvalue weighted by Crippen LogP contribution is -1.92. The smallest absolute Gasteiger partial charge is 0.128 e. The second kappa shape index (κ2) is 4.83. The summed E-state index contributed by atoms with van der Waals surface area (Å²) < 4.78 is 0. The highest BCUT2D eigenvalue weighted by molar-refractivity contribution is 4.88. The van der Waals surface area contributed by atoms with E-state index in [0.717, 1.165) is 31.5 Å². The topological polar surface area (TPSA) is 25.8 Å². The van der Waals surface area contributed by atoms with Gasteiger partial charge in [0, 0.05) is 18.8 Å². The van der Waals surface area contributed by atoms with E-state index in [1.165, 1.54) is 0 Å². The van der Waals surface area contributed by atoms with Crippen molar-refractivity contribution in [3.8, 4) is 0 Å². The number of hydrogen-bond donors (Lipinski definition) is 0. The molecule has 0 aliphatic carbocycles. The molecule has 11 heavy (non-hydrogen) atoms. The zero-order valence-corrected chi connectivity index (χ0v) is 6.66. The van der Waals surface area contributed by atoms with Gasteiger partial charge in [0.2, 0.25) is 0 Å². The minimum absolute atomic E-state index is 0.945. The van der Waals surface area contributed by atoms with Crippen molar-refractivity contribution >= 4 is 0 Å². The summed E-state index contributed by atoms with van der Waals surface area (Å²) in [7, 11) is 0. The van der Waals surface area contributed by atoms with Crippen molar-refractivity contribution < 1.29 is 0 Å². The molecule has 0 unspecified atom stereocenters. The van der Waals surface area contributed by atoms with Crippen molar-refractivity contribution in [2.75, 3.05) is 0 Å². The molecule has 0 saturated carbocycles. The average molecular weight is 149 g/mol. The Balaban J connectivity index is 2.28. The largest absolute Gasteiger partial charge is 0.241 e. The van der Waals surface area contributed by atoms with Gasteiger partial charge in [-0.25, -0.2) is 9.97 Å². The second-order valence-corrected chi connectivity index (χ2v) is 2.48. The van der Waals surface area contributed by atoms with E-state index in [1.807, 2.05) is 6.07 Å². The van der Waals surface area contributed by atoms with Gasteiger partial charge in [-0.1, -0.05) is 19.8 Å². The standard InChI is InChI=1S/C9H13N2/c1-2-3-4-6-9-10-7-5-8-11-9/h5,7-8H,1-4,6H2. The third-order valence-electron chi connectivity index (χ3n) is 1.52. The molecule has 0 aliphatic rings. The molecule has 1 aromatic heterocycles. The maximum Gasteiger partial charge on any atom is 0.128 e. The summed E-state index contributed by atoms with van der Waals surface area (Å²) in [6.45, 7) is 3.78. The van der Waals surface area contributed by atoms with Gasteiger partial charge in [0.15, 0.2) is 0 Å². The zero-order chi connectivity index (χ0) is 7.94. The summed E-state index contributed by atoms with van der Waals surface area (Å²) in [5.74, 6) is 0.945. The van der Waals surface area contributed by atoms with E-state index in [-0.39, 0.29) is 0 Å². The van der Waals surface area contributed by atoms with Crippen LogP contribution in [0.2, 0.25) is 0 Å². The first-order chi connectivity index (χ1) is 5.43. The number of aryl methyl sites for hydroxylation is 1. The highest BCUT2D eigenvalue weighted by atomic mass is 14.8. The highest BCUT2D eigenvalue weighted by Gasteiger charge is 1.92. The first-order valence-electron chi connectivity index (χ1n) is 3.98. The molecule has 1 aromatic rings. The van der Waals surface area contributed by atoms with Crippen molar-refractivity contribution in [2.24, 2.45) is 0 Å². The third-order valence-corrected chi connectivity index (χ3v) is 1.52. The first-order valence-corrected chi connectivity index (χ1v) is 3.98. The van der Waals surface area contributed by atoms with Crippen LogP contribution in [0.25, 0.3) is 0 Å². The van der Waals surface area contributed by atoms with E-state index < -0.39 is 0 Å². The maximum absolute atomic E-state index is 4.12. The molecule has 59 valence electrons. The quantitative estimate of drug-likeness (QED) is 0.612. The van der Waals surface area contributed by atoms with E-state index in [9.17, 15) is 0 Å². The van der Waals surface area contributed by atoms with Gasteiger partial charge in [0.1, 0.15) is 5.82 Å². The number of rotatable bonds is 4. The van der Waals surface area contributed by atoms with Crippen LogP contribution in [0.4, 0.5) is 0 Å². The van der Waals surface area contributed by atoms with Gasteiger partial charge < -0.3 is 0 Å². The molecule has 0 fully saturated rings. The fourth-order valence-corrected chi connectivity index (χ4v) is 0.919. The summed E-state index contributed by atoms with van der Waals surface area (Å²) in [6, 6.07) is 1.84. The monoisotopic (exact) mass is 149 g/mol. The summed E-state index contributed by atoms with van der Waals surface area (Å²) in [4.78, 5) is 8.24. The fourth-order valence-electron chi connectivity index (χ4n) is 0.919. The van der Waals surface area contributed by atoms with Crippen LogP contribution in [0.15, 0.2) is 18.5 Å². The lowest BCUT2D eigenvalue weighted by molar-refractivity contribution is 0.716. The summed E-state index contributed by atoms with van der Waals surface area (Å²) in [5, 5.41) is 0. The summed E-state index contributed by atoms with van der Waals surface area (Å²) >= 11 is 0. The second-order valence-electron chi connectivity index (χ2n) is 2.48. The van der Waals surface area contributed by atoms with Crippen molar-refractivity contribution in [1.29, 1.82) is 0 Å². The molecule has 0 atom stereocenters. The molecule has 0 aromatic carbocycles. The Morgan fingerprint density at radius 3 is 2.55 bits per heavy atom. The maximum atomic E-state index is 4.12. The van der Waals surface area contributed by atoms with Gasteiger partial charge in [0.25, 0.3) is 0 Å².